The molecule has 0 aliphatic rings. The second-order valence-electron chi connectivity index (χ2n) is 18.5. The molecular formula is C59H49FIrN4O-2. The van der Waals surface area contributed by atoms with Crippen LogP contribution in [-0.2, 0) is 25.5 Å². The molecule has 7 heteroatoms. The van der Waals surface area contributed by atoms with Crippen LogP contribution in [0.15, 0.2) is 162 Å². The fourth-order valence-electron chi connectivity index (χ4n) is 8.92. The van der Waals surface area contributed by atoms with Gasteiger partial charge in [0.25, 0.3) is 0 Å². The number of nitrogens with zero attached hydrogens (tertiary/aromatic N) is 4. The van der Waals surface area contributed by atoms with E-state index >= 15 is 0 Å². The van der Waals surface area contributed by atoms with Gasteiger partial charge in [-0.15, -0.1) is 48.0 Å². The maximum absolute atomic E-state index is 12.8. The van der Waals surface area contributed by atoms with Crippen LogP contribution in [0.25, 0.3) is 94.0 Å². The summed E-state index contributed by atoms with van der Waals surface area (Å²) < 4.78 is 22.0. The maximum Gasteiger partial charge on any atom is 0.121 e. The number of hydrogen-bond acceptors (Lipinski definition) is 4. The van der Waals surface area contributed by atoms with E-state index in [-0.39, 0.29) is 43.2 Å². The van der Waals surface area contributed by atoms with Crippen LogP contribution in [0.2, 0.25) is 0 Å². The minimum absolute atomic E-state index is 0. The monoisotopic (exact) mass is 1040 g/mol. The summed E-state index contributed by atoms with van der Waals surface area (Å²) in [7, 11) is 0. The molecule has 66 heavy (non-hydrogen) atoms. The first-order valence-electron chi connectivity index (χ1n) is 22.3. The summed E-state index contributed by atoms with van der Waals surface area (Å²) in [5.41, 5.74) is 13.3. The van der Waals surface area contributed by atoms with E-state index in [1.54, 1.807) is 6.07 Å². The quantitative estimate of drug-likeness (QED) is 0.123. The normalized spacial score (nSPS) is 11.8. The summed E-state index contributed by atoms with van der Waals surface area (Å²) in [6.45, 7) is 15.4. The number of benzene rings is 8. The molecule has 329 valence electrons. The molecule has 1 radical (unpaired) electrons. The van der Waals surface area contributed by atoms with Gasteiger partial charge in [-0.1, -0.05) is 144 Å². The van der Waals surface area contributed by atoms with Crippen LogP contribution in [-0.4, -0.2) is 19.5 Å². The largest absolute Gasteiger partial charge is 0.501 e. The van der Waals surface area contributed by atoms with Crippen LogP contribution in [0.3, 0.4) is 0 Å². The number of aromatic nitrogens is 4. The van der Waals surface area contributed by atoms with E-state index in [2.05, 4.69) is 196 Å². The van der Waals surface area contributed by atoms with Gasteiger partial charge in [0.2, 0.25) is 0 Å². The summed E-state index contributed by atoms with van der Waals surface area (Å²) >= 11 is 0. The molecule has 3 aromatic heterocycles. The van der Waals surface area contributed by atoms with E-state index < -0.39 is 0 Å². The number of imidazole rings is 1. The van der Waals surface area contributed by atoms with Gasteiger partial charge in [0.15, 0.2) is 0 Å². The first kappa shape index (κ1) is 44.4. The Morgan fingerprint density at radius 1 is 0.636 bits per heavy atom. The minimum atomic E-state index is -0.293. The van der Waals surface area contributed by atoms with Crippen molar-refractivity contribution in [1.82, 2.24) is 19.5 Å². The van der Waals surface area contributed by atoms with Crippen LogP contribution in [0, 0.1) is 17.9 Å². The molecule has 0 N–H and O–H groups in total. The van der Waals surface area contributed by atoms with Gasteiger partial charge in [-0.05, 0) is 97.7 Å². The van der Waals surface area contributed by atoms with Crippen LogP contribution < -0.4 is 0 Å². The smallest absolute Gasteiger partial charge is 0.121 e. The molecule has 0 amide bonds. The predicted molar refractivity (Wildman–Crippen MR) is 266 cm³/mol. The van der Waals surface area contributed by atoms with Crippen LogP contribution in [0.5, 0.6) is 0 Å². The van der Waals surface area contributed by atoms with E-state index in [0.29, 0.717) is 0 Å². The van der Waals surface area contributed by atoms with Gasteiger partial charge in [-0.2, -0.15) is 0 Å². The molecular weight excluding hydrogens is 992 g/mol. The third kappa shape index (κ3) is 8.23. The molecule has 11 aromatic rings. The summed E-state index contributed by atoms with van der Waals surface area (Å²) in [5.74, 6) is 1.11. The van der Waals surface area contributed by atoms with Crippen molar-refractivity contribution in [3.05, 3.63) is 193 Å². The van der Waals surface area contributed by atoms with E-state index in [1.807, 2.05) is 12.1 Å². The molecule has 5 nitrogen and oxygen atoms in total. The molecule has 0 aliphatic carbocycles. The molecule has 0 bridgehead atoms. The Morgan fingerprint density at radius 2 is 1.35 bits per heavy atom. The Kier molecular flexibility index (Phi) is 12.0. The molecule has 0 fully saturated rings. The zero-order chi connectivity index (χ0) is 45.0. The first-order chi connectivity index (χ1) is 31.4. The number of halogens is 1. The fraction of sp³-hybridized carbons (Fsp3) is 0.169. The molecule has 8 aromatic carbocycles. The van der Waals surface area contributed by atoms with Crippen LogP contribution in [0.4, 0.5) is 4.39 Å². The summed E-state index contributed by atoms with van der Waals surface area (Å²) in [4.78, 5) is 13.8. The molecule has 0 spiro atoms. The zero-order valence-corrected chi connectivity index (χ0v) is 40.5. The molecule has 0 atom stereocenters. The molecule has 0 aliphatic heterocycles. The minimum Gasteiger partial charge on any atom is -0.501 e. The predicted octanol–water partition coefficient (Wildman–Crippen LogP) is 16.0. The van der Waals surface area contributed by atoms with Gasteiger partial charge < -0.3 is 8.98 Å². The Balaban J connectivity index is 0.000000257. The molecule has 3 heterocycles. The first-order valence-corrected chi connectivity index (χ1v) is 22.3. The second-order valence-corrected chi connectivity index (χ2v) is 18.5. The van der Waals surface area contributed by atoms with Crippen molar-refractivity contribution in [1.29, 1.82) is 0 Å². The molecule has 11 rings (SSSR count). The Morgan fingerprint density at radius 3 is 2.08 bits per heavy atom. The number of fused-ring (bicyclic) bond motifs is 7. The van der Waals surface area contributed by atoms with Crippen LogP contribution >= 0.6 is 0 Å². The number of hydrogen-bond donors (Lipinski definition) is 0. The van der Waals surface area contributed by atoms with Gasteiger partial charge in [0.05, 0.1) is 22.4 Å². The number of furan rings is 1. The van der Waals surface area contributed by atoms with Crippen molar-refractivity contribution in [2.24, 2.45) is 0 Å². The van der Waals surface area contributed by atoms with E-state index in [9.17, 15) is 4.39 Å². The summed E-state index contributed by atoms with van der Waals surface area (Å²) in [6.07, 6.45) is 1.53. The van der Waals surface area contributed by atoms with Crippen molar-refractivity contribution in [2.45, 2.75) is 65.7 Å². The molecule has 0 saturated heterocycles. The maximum atomic E-state index is 12.8. The number of rotatable bonds is 6. The van der Waals surface area contributed by atoms with E-state index in [1.165, 1.54) is 67.9 Å². The zero-order valence-electron chi connectivity index (χ0n) is 38.1. The van der Waals surface area contributed by atoms with Gasteiger partial charge in [0, 0.05) is 48.1 Å². The van der Waals surface area contributed by atoms with Gasteiger partial charge >= 0.3 is 0 Å². The van der Waals surface area contributed by atoms with E-state index in [0.717, 1.165) is 61.3 Å². The molecule has 0 saturated carbocycles. The van der Waals surface area contributed by atoms with Gasteiger partial charge in [-0.25, -0.2) is 4.98 Å². The topological polar surface area (TPSA) is 56.7 Å². The van der Waals surface area contributed by atoms with Crippen molar-refractivity contribution in [3.63, 3.8) is 0 Å². The average Bonchev–Trinajstić information content (AvgIpc) is 3.89. The van der Waals surface area contributed by atoms with Crippen molar-refractivity contribution >= 4 is 54.5 Å². The fourth-order valence-corrected chi connectivity index (χ4v) is 8.92. The van der Waals surface area contributed by atoms with Crippen molar-refractivity contribution in [2.75, 3.05) is 0 Å². The van der Waals surface area contributed by atoms with Crippen molar-refractivity contribution in [3.8, 4) is 39.5 Å². The standard InChI is InChI=1S/C45H35N2O.C14H14FN2.Ir/c1-27(2)36-24-32(29-13-6-5-7-14-29)25-37(28(3)4)43(36)47-41-20-11-10-19-40(41)46-45(47)35-18-12-17-34-39-23-31-22-21-30-15-8-9-16-33(30)38(31)26-42(39)48-44(34)35;1-14(2,3)13-8-12(16-9-17-13)10-4-6-11(15)7-5-10;/h5-17,19-28H,1-4H3;4,6-9H,1-3H3;/q2*-1;. The third-order valence-corrected chi connectivity index (χ3v) is 12.3. The Bertz CT molecular complexity index is 3520. The molecule has 0 unspecified atom stereocenters. The van der Waals surface area contributed by atoms with Gasteiger partial charge in [0.1, 0.15) is 11.9 Å². The third-order valence-electron chi connectivity index (χ3n) is 12.3. The number of para-hydroxylation sites is 2. The SMILES string of the molecule is CC(C)(C)c1cc(-c2[c-]cc(F)cc2)ncn1.CC(C)c1cc(-c2ccccc2)cc(C(C)C)c1-n1c(-c2[c-]ccc3c2oc2cc4c(ccc5ccccc54)cc23)nc2ccccc21.[Ir]. The van der Waals surface area contributed by atoms with Gasteiger partial charge in [-0.3, -0.25) is 14.4 Å². The van der Waals surface area contributed by atoms with E-state index in [4.69, 9.17) is 9.40 Å². The Labute approximate surface area is 398 Å². The van der Waals surface area contributed by atoms with Crippen LogP contribution in [0.1, 0.15) is 77.1 Å². The summed E-state index contributed by atoms with van der Waals surface area (Å²) in [6, 6.07) is 58.3. The summed E-state index contributed by atoms with van der Waals surface area (Å²) in [5, 5.41) is 7.02. The average molecular weight is 1040 g/mol. The Hall–Kier alpha value is -6.79. The van der Waals surface area contributed by atoms with Crippen molar-refractivity contribution < 1.29 is 28.9 Å². The second kappa shape index (κ2) is 17.9.